The first-order valence-electron chi connectivity index (χ1n) is 6.60. The molecular weight excluding hydrogens is 353 g/mol. The Morgan fingerprint density at radius 1 is 1.18 bits per heavy atom. The van der Waals surface area contributed by atoms with Crippen LogP contribution in [0.2, 0.25) is 0 Å². The van der Waals surface area contributed by atoms with E-state index in [-0.39, 0.29) is 18.7 Å². The third-order valence-corrected chi connectivity index (χ3v) is 3.38. The van der Waals surface area contributed by atoms with Crippen molar-refractivity contribution in [3.63, 3.8) is 0 Å². The molecular formula is C16H15BrFNO3. The molecule has 0 fully saturated rings. The lowest BCUT2D eigenvalue weighted by Crippen LogP contribution is -2.28. The molecule has 4 nitrogen and oxygen atoms in total. The van der Waals surface area contributed by atoms with Crippen LogP contribution in [0.3, 0.4) is 0 Å². The van der Waals surface area contributed by atoms with Gasteiger partial charge >= 0.3 is 0 Å². The van der Waals surface area contributed by atoms with Gasteiger partial charge in [-0.15, -0.1) is 0 Å². The lowest BCUT2D eigenvalue weighted by atomic mass is 10.2. The Labute approximate surface area is 136 Å². The zero-order valence-electron chi connectivity index (χ0n) is 11.9. The van der Waals surface area contributed by atoms with Crippen LogP contribution in [0.1, 0.15) is 10.4 Å². The average molecular weight is 368 g/mol. The smallest absolute Gasteiger partial charge is 0.254 e. The first-order valence-corrected chi connectivity index (χ1v) is 7.39. The Kier molecular flexibility index (Phi) is 5.77. The van der Waals surface area contributed by atoms with Gasteiger partial charge in [0.25, 0.3) is 5.91 Å². The predicted molar refractivity (Wildman–Crippen MR) is 84.9 cm³/mol. The van der Waals surface area contributed by atoms with Crippen LogP contribution < -0.4 is 14.8 Å². The number of methoxy groups -OCH3 is 1. The van der Waals surface area contributed by atoms with Crippen LogP contribution in [0.4, 0.5) is 4.39 Å². The van der Waals surface area contributed by atoms with Crippen LogP contribution in [0.25, 0.3) is 0 Å². The normalized spacial score (nSPS) is 10.1. The van der Waals surface area contributed by atoms with Gasteiger partial charge in [0.1, 0.15) is 23.9 Å². The maximum atomic E-state index is 13.5. The molecule has 2 aromatic carbocycles. The van der Waals surface area contributed by atoms with E-state index in [9.17, 15) is 9.18 Å². The number of carbonyl (C=O) groups is 1. The van der Waals surface area contributed by atoms with Gasteiger partial charge in [-0.1, -0.05) is 15.9 Å². The average Bonchev–Trinajstić information content (AvgIpc) is 2.54. The minimum absolute atomic E-state index is 0.00109. The number of amides is 1. The van der Waals surface area contributed by atoms with E-state index < -0.39 is 11.7 Å². The maximum Gasteiger partial charge on any atom is 0.254 e. The molecule has 0 aliphatic heterocycles. The summed E-state index contributed by atoms with van der Waals surface area (Å²) in [7, 11) is 1.59. The molecule has 2 aromatic rings. The van der Waals surface area contributed by atoms with Crippen molar-refractivity contribution in [3.05, 3.63) is 58.3 Å². The highest BCUT2D eigenvalue weighted by Crippen LogP contribution is 2.17. The van der Waals surface area contributed by atoms with Crippen molar-refractivity contribution in [2.24, 2.45) is 0 Å². The molecule has 0 unspecified atom stereocenters. The molecule has 0 spiro atoms. The summed E-state index contributed by atoms with van der Waals surface area (Å²) in [5.74, 6) is 0.378. The standard InChI is InChI=1S/C16H15BrFNO3/c1-21-12-3-5-13(6-4-12)22-9-8-19-16(20)14-10-11(17)2-7-15(14)18/h2-7,10H,8-9H2,1H3,(H,19,20). The summed E-state index contributed by atoms with van der Waals surface area (Å²) in [6.45, 7) is 0.560. The fourth-order valence-electron chi connectivity index (χ4n) is 1.77. The summed E-state index contributed by atoms with van der Waals surface area (Å²) in [5.41, 5.74) is -0.00109. The van der Waals surface area contributed by atoms with Crippen LogP contribution in [-0.2, 0) is 0 Å². The second-order valence-electron chi connectivity index (χ2n) is 4.40. The second-order valence-corrected chi connectivity index (χ2v) is 5.32. The van der Waals surface area contributed by atoms with Gasteiger partial charge in [-0.05, 0) is 42.5 Å². The lowest BCUT2D eigenvalue weighted by Gasteiger charge is -2.09. The highest BCUT2D eigenvalue weighted by molar-refractivity contribution is 9.10. The highest BCUT2D eigenvalue weighted by Gasteiger charge is 2.11. The van der Waals surface area contributed by atoms with E-state index in [1.807, 2.05) is 0 Å². The number of nitrogens with one attached hydrogen (secondary N) is 1. The van der Waals surface area contributed by atoms with Gasteiger partial charge in [-0.2, -0.15) is 0 Å². The van der Waals surface area contributed by atoms with Crippen molar-refractivity contribution in [2.45, 2.75) is 0 Å². The summed E-state index contributed by atoms with van der Waals surface area (Å²) in [6, 6.07) is 11.3. The number of rotatable bonds is 6. The van der Waals surface area contributed by atoms with Crippen molar-refractivity contribution in [1.82, 2.24) is 5.32 Å². The molecule has 0 aliphatic carbocycles. The molecule has 0 bridgehead atoms. The molecule has 0 radical (unpaired) electrons. The number of ether oxygens (including phenoxy) is 2. The van der Waals surface area contributed by atoms with E-state index in [1.54, 1.807) is 37.4 Å². The van der Waals surface area contributed by atoms with Gasteiger partial charge < -0.3 is 14.8 Å². The first kappa shape index (κ1) is 16.3. The number of hydrogen-bond donors (Lipinski definition) is 1. The zero-order valence-corrected chi connectivity index (χ0v) is 13.5. The summed E-state index contributed by atoms with van der Waals surface area (Å²) < 4.78 is 24.7. The molecule has 0 saturated heterocycles. The van der Waals surface area contributed by atoms with Crippen molar-refractivity contribution in [1.29, 1.82) is 0 Å². The molecule has 1 N–H and O–H groups in total. The van der Waals surface area contributed by atoms with Crippen LogP contribution in [0, 0.1) is 5.82 Å². The molecule has 22 heavy (non-hydrogen) atoms. The molecule has 6 heteroatoms. The monoisotopic (exact) mass is 367 g/mol. The Morgan fingerprint density at radius 2 is 1.86 bits per heavy atom. The minimum atomic E-state index is -0.559. The predicted octanol–water partition coefficient (Wildman–Crippen LogP) is 3.41. The van der Waals surface area contributed by atoms with Crippen molar-refractivity contribution in [3.8, 4) is 11.5 Å². The van der Waals surface area contributed by atoms with Crippen molar-refractivity contribution in [2.75, 3.05) is 20.3 Å². The second kappa shape index (κ2) is 7.79. The molecule has 116 valence electrons. The lowest BCUT2D eigenvalue weighted by molar-refractivity contribution is 0.0943. The van der Waals surface area contributed by atoms with Gasteiger partial charge in [0, 0.05) is 4.47 Å². The van der Waals surface area contributed by atoms with Crippen LogP contribution >= 0.6 is 15.9 Å². The highest BCUT2D eigenvalue weighted by atomic mass is 79.9. The van der Waals surface area contributed by atoms with Gasteiger partial charge in [0.05, 0.1) is 19.2 Å². The van der Waals surface area contributed by atoms with E-state index in [0.717, 1.165) is 5.75 Å². The van der Waals surface area contributed by atoms with E-state index >= 15 is 0 Å². The number of carbonyl (C=O) groups excluding carboxylic acids is 1. The van der Waals surface area contributed by atoms with E-state index in [4.69, 9.17) is 9.47 Å². The van der Waals surface area contributed by atoms with E-state index in [1.165, 1.54) is 12.1 Å². The van der Waals surface area contributed by atoms with Crippen LogP contribution in [-0.4, -0.2) is 26.2 Å². The Balaban J connectivity index is 1.80. The van der Waals surface area contributed by atoms with Gasteiger partial charge in [0.2, 0.25) is 0 Å². The molecule has 0 atom stereocenters. The van der Waals surface area contributed by atoms with Gasteiger partial charge in [-0.3, -0.25) is 4.79 Å². The molecule has 0 aromatic heterocycles. The van der Waals surface area contributed by atoms with E-state index in [0.29, 0.717) is 10.2 Å². The summed E-state index contributed by atoms with van der Waals surface area (Å²) in [5, 5.41) is 2.61. The van der Waals surface area contributed by atoms with Gasteiger partial charge in [-0.25, -0.2) is 4.39 Å². The topological polar surface area (TPSA) is 47.6 Å². The number of halogens is 2. The Morgan fingerprint density at radius 3 is 2.55 bits per heavy atom. The third kappa shape index (κ3) is 4.46. The zero-order chi connectivity index (χ0) is 15.9. The largest absolute Gasteiger partial charge is 0.497 e. The van der Waals surface area contributed by atoms with E-state index in [2.05, 4.69) is 21.2 Å². The Hall–Kier alpha value is -2.08. The van der Waals surface area contributed by atoms with Gasteiger partial charge in [0.15, 0.2) is 0 Å². The quantitative estimate of drug-likeness (QED) is 0.795. The van der Waals surface area contributed by atoms with Crippen LogP contribution in [0.5, 0.6) is 11.5 Å². The van der Waals surface area contributed by atoms with Crippen molar-refractivity contribution >= 4 is 21.8 Å². The SMILES string of the molecule is COc1ccc(OCCNC(=O)c2cc(Br)ccc2F)cc1. The molecule has 0 heterocycles. The minimum Gasteiger partial charge on any atom is -0.497 e. The summed E-state index contributed by atoms with van der Waals surface area (Å²) in [4.78, 5) is 11.9. The molecule has 0 saturated carbocycles. The Bertz CT molecular complexity index is 646. The fraction of sp³-hybridized carbons (Fsp3) is 0.188. The fourth-order valence-corrected chi connectivity index (χ4v) is 2.13. The number of benzene rings is 2. The summed E-state index contributed by atoms with van der Waals surface area (Å²) >= 11 is 3.21. The maximum absolute atomic E-state index is 13.5. The van der Waals surface area contributed by atoms with Crippen molar-refractivity contribution < 1.29 is 18.7 Å². The summed E-state index contributed by atoms with van der Waals surface area (Å²) in [6.07, 6.45) is 0. The number of hydrogen-bond acceptors (Lipinski definition) is 3. The molecule has 2 rings (SSSR count). The molecule has 1 amide bonds. The van der Waals surface area contributed by atoms with Crippen LogP contribution in [0.15, 0.2) is 46.9 Å². The third-order valence-electron chi connectivity index (χ3n) is 2.89. The molecule has 0 aliphatic rings. The first-order chi connectivity index (χ1) is 10.6.